The molecule has 3 heterocycles. The zero-order chi connectivity index (χ0) is 30.4. The minimum atomic E-state index is -1.26. The van der Waals surface area contributed by atoms with Crippen LogP contribution in [0.1, 0.15) is 85.2 Å². The Bertz CT molecular complexity index is 1450. The molecule has 0 fully saturated rings. The summed E-state index contributed by atoms with van der Waals surface area (Å²) in [6, 6.07) is 9.50. The maximum atomic E-state index is 11.6. The van der Waals surface area contributed by atoms with Gasteiger partial charge in [-0.3, -0.25) is 0 Å². The summed E-state index contributed by atoms with van der Waals surface area (Å²) in [5.74, 6) is -3.77. The van der Waals surface area contributed by atoms with Gasteiger partial charge in [0.1, 0.15) is 0 Å². The summed E-state index contributed by atoms with van der Waals surface area (Å²) in [7, 11) is 0. The van der Waals surface area contributed by atoms with Gasteiger partial charge in [-0.15, -0.1) is 0 Å². The minimum Gasteiger partial charge on any atom is -0.545 e. The van der Waals surface area contributed by atoms with Gasteiger partial charge < -0.3 is 29.7 Å². The van der Waals surface area contributed by atoms with E-state index in [1.807, 2.05) is 32.3 Å². The van der Waals surface area contributed by atoms with Crippen LogP contribution in [0.2, 0.25) is 0 Å². The molecule has 0 amide bonds. The van der Waals surface area contributed by atoms with Gasteiger partial charge in [0.05, 0.1) is 34.6 Å². The van der Waals surface area contributed by atoms with Crippen LogP contribution in [-0.2, 0) is 38.9 Å². The van der Waals surface area contributed by atoms with Crippen molar-refractivity contribution in [1.29, 1.82) is 0 Å². The van der Waals surface area contributed by atoms with Crippen LogP contribution in [0.15, 0.2) is 73.6 Å². The Kier molecular flexibility index (Phi) is 9.42. The summed E-state index contributed by atoms with van der Waals surface area (Å²) in [6.07, 6.45) is 12.2. The first-order valence-corrected chi connectivity index (χ1v) is 13.9. The standard InChI is InChI=1S/C33H33N3O6/c1-4-25-28(19-34-13-7-10-22(16-34)31(37)38)26(5-2)30(21-36-15-9-12-24(18-36)33(41)42)27(6-3)29(25)20-35-14-8-11-23(17-35)32(39)40/h7-18H,4-6,19-21H2,1-3H3. The fourth-order valence-electron chi connectivity index (χ4n) is 5.72. The quantitative estimate of drug-likeness (QED) is 0.212. The Morgan fingerprint density at radius 3 is 0.976 bits per heavy atom. The van der Waals surface area contributed by atoms with Gasteiger partial charge in [-0.1, -0.05) is 20.8 Å². The molecule has 0 N–H and O–H groups in total. The molecule has 0 atom stereocenters. The van der Waals surface area contributed by atoms with Crippen LogP contribution >= 0.6 is 0 Å². The number of carbonyl (C=O) groups excluding carboxylic acids is 3. The topological polar surface area (TPSA) is 132 Å². The van der Waals surface area contributed by atoms with E-state index < -0.39 is 17.9 Å². The highest BCUT2D eigenvalue weighted by atomic mass is 16.4. The molecule has 4 rings (SSSR count). The summed E-state index contributed by atoms with van der Waals surface area (Å²) in [5.41, 5.74) is 6.70. The summed E-state index contributed by atoms with van der Waals surface area (Å²) in [4.78, 5) is 34.7. The van der Waals surface area contributed by atoms with Crippen molar-refractivity contribution in [3.8, 4) is 0 Å². The lowest BCUT2D eigenvalue weighted by Gasteiger charge is -2.23. The van der Waals surface area contributed by atoms with Gasteiger partial charge in [0, 0.05) is 34.9 Å². The summed E-state index contributed by atoms with van der Waals surface area (Å²) in [5, 5.41) is 34.7. The first-order valence-electron chi connectivity index (χ1n) is 13.9. The van der Waals surface area contributed by atoms with Gasteiger partial charge in [0.15, 0.2) is 56.8 Å². The molecule has 0 saturated carbocycles. The van der Waals surface area contributed by atoms with E-state index in [0.29, 0.717) is 38.9 Å². The number of benzene rings is 1. The zero-order valence-corrected chi connectivity index (χ0v) is 24.0. The van der Waals surface area contributed by atoms with Crippen LogP contribution < -0.4 is 29.0 Å². The Morgan fingerprint density at radius 1 is 0.500 bits per heavy atom. The lowest BCUT2D eigenvalue weighted by Crippen LogP contribution is -2.41. The van der Waals surface area contributed by atoms with Crippen LogP contribution in [0, 0.1) is 0 Å². The first kappa shape index (κ1) is 30.0. The van der Waals surface area contributed by atoms with Crippen LogP contribution in [0.3, 0.4) is 0 Å². The smallest absolute Gasteiger partial charge is 0.178 e. The van der Waals surface area contributed by atoms with Crippen molar-refractivity contribution < 1.29 is 43.4 Å². The van der Waals surface area contributed by atoms with Crippen molar-refractivity contribution in [2.45, 2.75) is 59.7 Å². The largest absolute Gasteiger partial charge is 0.545 e. The number of hydrogen-bond acceptors (Lipinski definition) is 6. The number of hydrogen-bond donors (Lipinski definition) is 0. The van der Waals surface area contributed by atoms with Gasteiger partial charge in [-0.2, -0.15) is 0 Å². The molecule has 0 bridgehead atoms. The molecular weight excluding hydrogens is 534 g/mol. The molecule has 9 heteroatoms. The highest BCUT2D eigenvalue weighted by molar-refractivity contribution is 5.85. The maximum absolute atomic E-state index is 11.6. The highest BCUT2D eigenvalue weighted by Gasteiger charge is 2.27. The molecule has 0 saturated heterocycles. The molecule has 0 unspecified atom stereocenters. The molecule has 4 aromatic rings. The molecule has 1 aromatic carbocycles. The van der Waals surface area contributed by atoms with Gasteiger partial charge in [-0.25, -0.2) is 13.7 Å². The molecule has 0 aliphatic carbocycles. The van der Waals surface area contributed by atoms with E-state index in [9.17, 15) is 29.7 Å². The van der Waals surface area contributed by atoms with E-state index in [0.717, 1.165) is 33.4 Å². The zero-order valence-electron chi connectivity index (χ0n) is 24.0. The van der Waals surface area contributed by atoms with Crippen molar-refractivity contribution in [2.24, 2.45) is 0 Å². The predicted octanol–water partition coefficient (Wildman–Crippen LogP) is -0.528. The van der Waals surface area contributed by atoms with E-state index in [-0.39, 0.29) is 16.7 Å². The lowest BCUT2D eigenvalue weighted by atomic mass is 9.83. The second-order valence-electron chi connectivity index (χ2n) is 10.1. The van der Waals surface area contributed by atoms with E-state index in [4.69, 9.17) is 0 Å². The number of carboxylic acids is 3. The normalized spacial score (nSPS) is 10.9. The third-order valence-corrected chi connectivity index (χ3v) is 7.55. The minimum absolute atomic E-state index is 0.0727. The number of carboxylic acid groups (broad SMARTS) is 3. The van der Waals surface area contributed by atoms with Crippen molar-refractivity contribution in [2.75, 3.05) is 0 Å². The SMILES string of the molecule is CCc1c(C[n+]2cccc(C(=O)[O-])c2)c(CC)c(C[n+]2cccc(C(=O)[O-])c2)c(CC)c1C[n+]1cccc(C(=O)[O-])c1. The Morgan fingerprint density at radius 2 is 0.762 bits per heavy atom. The molecule has 0 radical (unpaired) electrons. The summed E-state index contributed by atoms with van der Waals surface area (Å²) >= 11 is 0. The number of carbonyl (C=O) groups is 3. The van der Waals surface area contributed by atoms with E-state index in [1.54, 1.807) is 36.8 Å². The number of aromatic nitrogens is 3. The number of aromatic carboxylic acids is 3. The fraction of sp³-hybridized carbons (Fsp3) is 0.273. The van der Waals surface area contributed by atoms with E-state index in [1.165, 1.54) is 18.2 Å². The molecule has 0 spiro atoms. The molecular formula is C33H33N3O6. The number of rotatable bonds is 12. The van der Waals surface area contributed by atoms with Gasteiger partial charge in [0.2, 0.25) is 0 Å². The van der Waals surface area contributed by atoms with Crippen LogP contribution in [0.5, 0.6) is 0 Å². The van der Waals surface area contributed by atoms with Gasteiger partial charge in [-0.05, 0) is 54.2 Å². The predicted molar refractivity (Wildman–Crippen MR) is 145 cm³/mol. The molecule has 3 aromatic heterocycles. The van der Waals surface area contributed by atoms with Crippen molar-refractivity contribution in [1.82, 2.24) is 0 Å². The lowest BCUT2D eigenvalue weighted by molar-refractivity contribution is -0.690. The average Bonchev–Trinajstić information content (AvgIpc) is 2.98. The highest BCUT2D eigenvalue weighted by Crippen LogP contribution is 2.31. The average molecular weight is 568 g/mol. The Balaban J connectivity index is 1.97. The second-order valence-corrected chi connectivity index (χ2v) is 10.1. The third kappa shape index (κ3) is 6.52. The second kappa shape index (κ2) is 13.2. The number of pyridine rings is 3. The molecule has 42 heavy (non-hydrogen) atoms. The Hall–Kier alpha value is -4.92. The summed E-state index contributed by atoms with van der Waals surface area (Å²) in [6.45, 7) is 7.44. The first-order chi connectivity index (χ1) is 20.2. The van der Waals surface area contributed by atoms with Crippen molar-refractivity contribution in [3.63, 3.8) is 0 Å². The van der Waals surface area contributed by atoms with E-state index in [2.05, 4.69) is 20.8 Å². The maximum Gasteiger partial charge on any atom is 0.178 e. The number of nitrogens with zero attached hydrogens (tertiary/aromatic N) is 3. The molecule has 0 aliphatic heterocycles. The van der Waals surface area contributed by atoms with Crippen LogP contribution in [0.4, 0.5) is 0 Å². The fourth-order valence-corrected chi connectivity index (χ4v) is 5.72. The molecule has 9 nitrogen and oxygen atoms in total. The van der Waals surface area contributed by atoms with Crippen molar-refractivity contribution >= 4 is 17.9 Å². The third-order valence-electron chi connectivity index (χ3n) is 7.55. The summed E-state index contributed by atoms with van der Waals surface area (Å²) < 4.78 is 5.48. The monoisotopic (exact) mass is 567 g/mol. The Labute approximate surface area is 244 Å². The molecule has 0 aliphatic rings. The van der Waals surface area contributed by atoms with Crippen LogP contribution in [0.25, 0.3) is 0 Å². The van der Waals surface area contributed by atoms with Gasteiger partial charge in [0.25, 0.3) is 0 Å². The molecule has 216 valence electrons. The van der Waals surface area contributed by atoms with Crippen LogP contribution in [-0.4, -0.2) is 17.9 Å². The van der Waals surface area contributed by atoms with Gasteiger partial charge >= 0.3 is 0 Å². The van der Waals surface area contributed by atoms with E-state index >= 15 is 0 Å². The van der Waals surface area contributed by atoms with Crippen molar-refractivity contribution in [3.05, 3.63) is 124 Å².